The van der Waals surface area contributed by atoms with Crippen molar-refractivity contribution in [2.24, 2.45) is 0 Å². The highest BCUT2D eigenvalue weighted by molar-refractivity contribution is 7.71. The smallest absolute Gasteiger partial charge is 0.268 e. The second-order valence-electron chi connectivity index (χ2n) is 4.18. The predicted octanol–water partition coefficient (Wildman–Crippen LogP) is 4.36. The summed E-state index contributed by atoms with van der Waals surface area (Å²) in [4.78, 5) is 15.7. The molecule has 0 radical (unpaired) electrons. The summed E-state index contributed by atoms with van der Waals surface area (Å²) in [5.74, 6) is 0. The van der Waals surface area contributed by atoms with Crippen molar-refractivity contribution in [3.05, 3.63) is 67.6 Å². The predicted molar refractivity (Wildman–Crippen MR) is 84.7 cm³/mol. The van der Waals surface area contributed by atoms with Gasteiger partial charge in [0.15, 0.2) is 4.77 Å². The first-order valence-electron chi connectivity index (χ1n) is 5.78. The Bertz CT molecular complexity index is 930. The highest BCUT2D eigenvalue weighted by Crippen LogP contribution is 2.22. The van der Waals surface area contributed by atoms with Crippen LogP contribution in [0.2, 0.25) is 10.0 Å². The van der Waals surface area contributed by atoms with E-state index in [1.165, 1.54) is 4.57 Å². The number of benzene rings is 2. The van der Waals surface area contributed by atoms with Crippen LogP contribution in [0, 0.1) is 4.77 Å². The van der Waals surface area contributed by atoms with Crippen molar-refractivity contribution in [1.29, 1.82) is 0 Å². The molecule has 6 heteroatoms. The molecular weight excluding hydrogens is 315 g/mol. The monoisotopic (exact) mass is 322 g/mol. The fraction of sp³-hybridized carbons (Fsp3) is 0. The molecule has 0 unspecified atom stereocenters. The Morgan fingerprint density at radius 3 is 2.45 bits per heavy atom. The molecule has 3 nitrogen and oxygen atoms in total. The lowest BCUT2D eigenvalue weighted by Gasteiger charge is -2.10. The molecule has 0 amide bonds. The van der Waals surface area contributed by atoms with Crippen LogP contribution >= 0.6 is 35.4 Å². The second-order valence-corrected chi connectivity index (χ2v) is 5.39. The van der Waals surface area contributed by atoms with Crippen LogP contribution < -0.4 is 5.56 Å². The topological polar surface area (TPSA) is 37.8 Å². The fourth-order valence-electron chi connectivity index (χ4n) is 2.07. The van der Waals surface area contributed by atoms with Crippen LogP contribution in [0.25, 0.3) is 16.6 Å². The van der Waals surface area contributed by atoms with E-state index in [9.17, 15) is 4.79 Å². The van der Waals surface area contributed by atoms with Crippen LogP contribution in [-0.4, -0.2) is 9.55 Å². The first-order chi connectivity index (χ1) is 9.59. The van der Waals surface area contributed by atoms with E-state index in [0.29, 0.717) is 26.6 Å². The highest BCUT2D eigenvalue weighted by atomic mass is 35.5. The summed E-state index contributed by atoms with van der Waals surface area (Å²) in [6.07, 6.45) is 0. The highest BCUT2D eigenvalue weighted by Gasteiger charge is 2.12. The van der Waals surface area contributed by atoms with Gasteiger partial charge in [0.1, 0.15) is 0 Å². The van der Waals surface area contributed by atoms with Gasteiger partial charge in [0.25, 0.3) is 5.56 Å². The number of rotatable bonds is 1. The van der Waals surface area contributed by atoms with Gasteiger partial charge in [-0.05, 0) is 36.5 Å². The number of nitrogens with zero attached hydrogens (tertiary/aromatic N) is 1. The van der Waals surface area contributed by atoms with Crippen molar-refractivity contribution in [3.8, 4) is 5.69 Å². The number of hydrogen-bond donors (Lipinski definition) is 1. The Morgan fingerprint density at radius 1 is 1.00 bits per heavy atom. The Hall–Kier alpha value is -1.62. The molecule has 0 bridgehead atoms. The number of hydrogen-bond acceptors (Lipinski definition) is 2. The molecule has 100 valence electrons. The van der Waals surface area contributed by atoms with Gasteiger partial charge < -0.3 is 4.98 Å². The normalized spacial score (nSPS) is 10.9. The van der Waals surface area contributed by atoms with Crippen molar-refractivity contribution in [1.82, 2.24) is 9.55 Å². The molecule has 0 saturated heterocycles. The number of halogens is 2. The van der Waals surface area contributed by atoms with Gasteiger partial charge in [0.05, 0.1) is 26.6 Å². The second kappa shape index (κ2) is 5.05. The van der Waals surface area contributed by atoms with Crippen molar-refractivity contribution in [2.75, 3.05) is 0 Å². The molecular formula is C14H8Cl2N2OS. The van der Waals surface area contributed by atoms with E-state index in [-0.39, 0.29) is 10.3 Å². The molecule has 3 rings (SSSR count). The van der Waals surface area contributed by atoms with Crippen LogP contribution in [-0.2, 0) is 0 Å². The number of aromatic nitrogens is 2. The first-order valence-corrected chi connectivity index (χ1v) is 6.94. The van der Waals surface area contributed by atoms with E-state index in [1.54, 1.807) is 42.5 Å². The average Bonchev–Trinajstić information content (AvgIpc) is 2.40. The number of aromatic amines is 1. The Morgan fingerprint density at radius 2 is 1.70 bits per heavy atom. The van der Waals surface area contributed by atoms with Gasteiger partial charge >= 0.3 is 0 Å². The molecule has 2 aromatic carbocycles. The molecule has 20 heavy (non-hydrogen) atoms. The van der Waals surface area contributed by atoms with Crippen molar-refractivity contribution in [2.45, 2.75) is 0 Å². The zero-order valence-electron chi connectivity index (χ0n) is 10.1. The number of H-pyrrole nitrogens is 1. The minimum Gasteiger partial charge on any atom is -0.331 e. The fourth-order valence-corrected chi connectivity index (χ4v) is 2.84. The summed E-state index contributed by atoms with van der Waals surface area (Å²) in [7, 11) is 0. The summed E-state index contributed by atoms with van der Waals surface area (Å²) in [5.41, 5.74) is 0.848. The van der Waals surface area contributed by atoms with Gasteiger partial charge in [0, 0.05) is 0 Å². The molecule has 0 atom stereocenters. The Kier molecular flexibility index (Phi) is 3.38. The molecule has 0 aliphatic heterocycles. The van der Waals surface area contributed by atoms with Crippen LogP contribution in [0.3, 0.4) is 0 Å². The zero-order chi connectivity index (χ0) is 14.3. The molecule has 0 saturated carbocycles. The number of para-hydroxylation sites is 1. The maximum absolute atomic E-state index is 12.7. The van der Waals surface area contributed by atoms with Gasteiger partial charge in [-0.15, -0.1) is 0 Å². The van der Waals surface area contributed by atoms with Gasteiger partial charge in [-0.25, -0.2) is 0 Å². The summed E-state index contributed by atoms with van der Waals surface area (Å²) in [6.45, 7) is 0. The van der Waals surface area contributed by atoms with E-state index < -0.39 is 0 Å². The van der Waals surface area contributed by atoms with E-state index in [1.807, 2.05) is 0 Å². The van der Waals surface area contributed by atoms with Crippen LogP contribution in [0.15, 0.2) is 47.3 Å². The number of fused-ring (bicyclic) bond motifs is 1. The standard InChI is InChI=1S/C14H8Cl2N2OS/c15-8-4-1-2-7-11(8)18-13(19)12-9(16)5-3-6-10(12)17-14(18)20/h1-7H,(H,17,20). The van der Waals surface area contributed by atoms with Gasteiger partial charge in [0.2, 0.25) is 0 Å². The minimum absolute atomic E-state index is 0.276. The third kappa shape index (κ3) is 2.06. The lowest BCUT2D eigenvalue weighted by Crippen LogP contribution is -2.21. The Labute approximate surface area is 129 Å². The minimum atomic E-state index is -0.289. The third-order valence-electron chi connectivity index (χ3n) is 2.97. The van der Waals surface area contributed by atoms with Crippen LogP contribution in [0.5, 0.6) is 0 Å². The lowest BCUT2D eigenvalue weighted by atomic mass is 10.2. The van der Waals surface area contributed by atoms with Crippen molar-refractivity contribution < 1.29 is 0 Å². The van der Waals surface area contributed by atoms with Crippen molar-refractivity contribution in [3.63, 3.8) is 0 Å². The molecule has 0 aliphatic rings. The van der Waals surface area contributed by atoms with Crippen LogP contribution in [0.4, 0.5) is 0 Å². The third-order valence-corrected chi connectivity index (χ3v) is 3.89. The maximum Gasteiger partial charge on any atom is 0.268 e. The first kappa shape index (κ1) is 13.4. The molecule has 0 fully saturated rings. The summed E-state index contributed by atoms with van der Waals surface area (Å²) in [5, 5.41) is 1.21. The SMILES string of the molecule is O=c1c2c(Cl)cccc2[nH]c(=S)n1-c1ccccc1Cl. The van der Waals surface area contributed by atoms with Gasteiger partial charge in [-0.2, -0.15) is 0 Å². The van der Waals surface area contributed by atoms with Gasteiger partial charge in [-0.1, -0.05) is 41.4 Å². The quantitative estimate of drug-likeness (QED) is 0.676. The largest absolute Gasteiger partial charge is 0.331 e. The molecule has 1 aromatic heterocycles. The average molecular weight is 323 g/mol. The molecule has 0 aliphatic carbocycles. The zero-order valence-corrected chi connectivity index (χ0v) is 12.4. The molecule has 3 aromatic rings. The van der Waals surface area contributed by atoms with E-state index in [0.717, 1.165) is 0 Å². The summed E-state index contributed by atoms with van der Waals surface area (Å²) < 4.78 is 1.63. The molecule has 1 N–H and O–H groups in total. The summed E-state index contributed by atoms with van der Waals surface area (Å²) in [6, 6.07) is 12.2. The van der Waals surface area contributed by atoms with E-state index >= 15 is 0 Å². The Balaban J connectivity index is 2.50. The van der Waals surface area contributed by atoms with Crippen molar-refractivity contribution >= 4 is 46.3 Å². The van der Waals surface area contributed by atoms with E-state index in [4.69, 9.17) is 35.4 Å². The summed E-state index contributed by atoms with van der Waals surface area (Å²) >= 11 is 17.5. The maximum atomic E-state index is 12.7. The van der Waals surface area contributed by atoms with Crippen LogP contribution in [0.1, 0.15) is 0 Å². The molecule has 0 spiro atoms. The number of nitrogens with one attached hydrogen (secondary N) is 1. The molecule has 1 heterocycles. The van der Waals surface area contributed by atoms with Gasteiger partial charge in [-0.3, -0.25) is 9.36 Å². The lowest BCUT2D eigenvalue weighted by molar-refractivity contribution is 0.940. The van der Waals surface area contributed by atoms with E-state index in [2.05, 4.69) is 4.98 Å².